The van der Waals surface area contributed by atoms with E-state index in [1.54, 1.807) is 23.4 Å². The van der Waals surface area contributed by atoms with Crippen molar-refractivity contribution in [2.45, 2.75) is 19.5 Å². The van der Waals surface area contributed by atoms with E-state index < -0.39 is 0 Å². The second kappa shape index (κ2) is 5.24. The summed E-state index contributed by atoms with van der Waals surface area (Å²) in [6, 6.07) is 3.11. The number of aromatic amines is 1. The molecule has 0 aliphatic carbocycles. The first kappa shape index (κ1) is 13.1. The van der Waals surface area contributed by atoms with E-state index in [0.29, 0.717) is 13.1 Å². The largest absolute Gasteiger partial charge is 0.336 e. The molecular weight excluding hydrogens is 324 g/mol. The molecule has 0 atom stereocenters. The fourth-order valence-electron chi connectivity index (χ4n) is 2.31. The van der Waals surface area contributed by atoms with Crippen molar-refractivity contribution in [2.24, 2.45) is 0 Å². The van der Waals surface area contributed by atoms with Crippen LogP contribution in [0.15, 0.2) is 33.8 Å². The minimum absolute atomic E-state index is 0.0583. The van der Waals surface area contributed by atoms with Gasteiger partial charge in [-0.15, -0.1) is 0 Å². The number of aromatic nitrogens is 3. The summed E-state index contributed by atoms with van der Waals surface area (Å²) in [7, 11) is 0. The highest BCUT2D eigenvalue weighted by atomic mass is 79.9. The third-order valence-electron chi connectivity index (χ3n) is 3.41. The van der Waals surface area contributed by atoms with Crippen molar-refractivity contribution in [2.75, 3.05) is 6.54 Å². The molecule has 2 aromatic heterocycles. The summed E-state index contributed by atoms with van der Waals surface area (Å²) in [6.45, 7) is 1.26. The molecule has 0 radical (unpaired) electrons. The Bertz CT molecular complexity index is 706. The average molecular weight is 337 g/mol. The zero-order chi connectivity index (χ0) is 14.1. The SMILES string of the molecule is O=C(Cn1cc(Br)ccc1=O)N1CCc2[nH]ncc2C1. The van der Waals surface area contributed by atoms with Crippen molar-refractivity contribution < 1.29 is 4.79 Å². The predicted octanol–water partition coefficient (Wildman–Crippen LogP) is 0.919. The maximum Gasteiger partial charge on any atom is 0.251 e. The summed E-state index contributed by atoms with van der Waals surface area (Å²) in [5, 5.41) is 6.92. The fraction of sp³-hybridized carbons (Fsp3) is 0.308. The minimum atomic E-state index is -0.178. The first-order valence-corrected chi connectivity index (χ1v) is 7.07. The summed E-state index contributed by atoms with van der Waals surface area (Å²) in [4.78, 5) is 25.7. The lowest BCUT2D eigenvalue weighted by Gasteiger charge is -2.26. The number of H-pyrrole nitrogens is 1. The minimum Gasteiger partial charge on any atom is -0.336 e. The van der Waals surface area contributed by atoms with Gasteiger partial charge in [0.1, 0.15) is 6.54 Å². The van der Waals surface area contributed by atoms with Gasteiger partial charge >= 0.3 is 0 Å². The highest BCUT2D eigenvalue weighted by molar-refractivity contribution is 9.10. The maximum atomic E-state index is 12.3. The van der Waals surface area contributed by atoms with Gasteiger partial charge in [0, 0.05) is 47.5 Å². The number of fused-ring (bicyclic) bond motifs is 1. The Kier molecular flexibility index (Phi) is 3.43. The molecule has 0 aromatic carbocycles. The Morgan fingerprint density at radius 2 is 2.30 bits per heavy atom. The highest BCUT2D eigenvalue weighted by Crippen LogP contribution is 2.16. The molecule has 1 amide bonds. The van der Waals surface area contributed by atoms with Gasteiger partial charge in [-0.2, -0.15) is 5.10 Å². The molecule has 3 heterocycles. The monoisotopic (exact) mass is 336 g/mol. The van der Waals surface area contributed by atoms with Crippen LogP contribution in [-0.2, 0) is 24.3 Å². The number of nitrogens with zero attached hydrogens (tertiary/aromatic N) is 3. The lowest BCUT2D eigenvalue weighted by molar-refractivity contribution is -0.132. The topological polar surface area (TPSA) is 71.0 Å². The molecule has 6 nitrogen and oxygen atoms in total. The Hall–Kier alpha value is -1.89. The molecular formula is C13H13BrN4O2. The van der Waals surface area contributed by atoms with Crippen LogP contribution in [0, 0.1) is 0 Å². The van der Waals surface area contributed by atoms with Gasteiger partial charge in [-0.05, 0) is 22.0 Å². The van der Waals surface area contributed by atoms with Crippen LogP contribution in [0.5, 0.6) is 0 Å². The normalized spacial score (nSPS) is 14.2. The van der Waals surface area contributed by atoms with Crippen LogP contribution in [0.4, 0.5) is 0 Å². The molecule has 0 bridgehead atoms. The van der Waals surface area contributed by atoms with Crippen molar-refractivity contribution in [1.29, 1.82) is 0 Å². The quantitative estimate of drug-likeness (QED) is 0.886. The van der Waals surface area contributed by atoms with Gasteiger partial charge in [-0.1, -0.05) is 0 Å². The van der Waals surface area contributed by atoms with Crippen molar-refractivity contribution in [1.82, 2.24) is 19.7 Å². The zero-order valence-corrected chi connectivity index (χ0v) is 12.3. The van der Waals surface area contributed by atoms with Crippen LogP contribution < -0.4 is 5.56 Å². The van der Waals surface area contributed by atoms with E-state index in [4.69, 9.17) is 0 Å². The first-order chi connectivity index (χ1) is 9.63. The van der Waals surface area contributed by atoms with Crippen molar-refractivity contribution in [3.05, 3.63) is 50.6 Å². The van der Waals surface area contributed by atoms with E-state index in [1.165, 1.54) is 10.6 Å². The Morgan fingerprint density at radius 3 is 3.15 bits per heavy atom. The molecule has 0 spiro atoms. The zero-order valence-electron chi connectivity index (χ0n) is 10.7. The van der Waals surface area contributed by atoms with Gasteiger partial charge in [-0.3, -0.25) is 14.7 Å². The lowest BCUT2D eigenvalue weighted by atomic mass is 10.1. The fourth-order valence-corrected chi connectivity index (χ4v) is 2.69. The molecule has 7 heteroatoms. The van der Waals surface area contributed by atoms with E-state index in [0.717, 1.165) is 22.2 Å². The molecule has 0 saturated carbocycles. The number of halogens is 1. The van der Waals surface area contributed by atoms with E-state index in [-0.39, 0.29) is 18.0 Å². The summed E-state index contributed by atoms with van der Waals surface area (Å²) < 4.78 is 2.19. The third-order valence-corrected chi connectivity index (χ3v) is 3.88. The van der Waals surface area contributed by atoms with Gasteiger partial charge < -0.3 is 9.47 Å². The van der Waals surface area contributed by atoms with Gasteiger partial charge in [-0.25, -0.2) is 0 Å². The molecule has 1 aliphatic rings. The Balaban J connectivity index is 1.74. The van der Waals surface area contributed by atoms with Crippen LogP contribution in [0.25, 0.3) is 0 Å². The number of amides is 1. The number of rotatable bonds is 2. The van der Waals surface area contributed by atoms with Crippen molar-refractivity contribution in [3.63, 3.8) is 0 Å². The second-order valence-electron chi connectivity index (χ2n) is 4.75. The van der Waals surface area contributed by atoms with E-state index in [9.17, 15) is 9.59 Å². The van der Waals surface area contributed by atoms with Gasteiger partial charge in [0.2, 0.25) is 5.91 Å². The third kappa shape index (κ3) is 2.53. The number of pyridine rings is 1. The van der Waals surface area contributed by atoms with Gasteiger partial charge in [0.15, 0.2) is 0 Å². The number of carbonyl (C=O) groups is 1. The molecule has 2 aromatic rings. The van der Waals surface area contributed by atoms with Crippen LogP contribution >= 0.6 is 15.9 Å². The summed E-state index contributed by atoms with van der Waals surface area (Å²) in [5.74, 6) is -0.0583. The second-order valence-corrected chi connectivity index (χ2v) is 5.67. The molecule has 0 saturated heterocycles. The van der Waals surface area contributed by atoms with Crippen LogP contribution in [0.1, 0.15) is 11.3 Å². The number of hydrogen-bond donors (Lipinski definition) is 1. The Labute approximate surface area is 123 Å². The summed E-state index contributed by atoms with van der Waals surface area (Å²) >= 11 is 3.30. The molecule has 3 rings (SSSR count). The Morgan fingerprint density at radius 1 is 1.45 bits per heavy atom. The number of nitrogens with one attached hydrogen (secondary N) is 1. The molecule has 1 aliphatic heterocycles. The predicted molar refractivity (Wildman–Crippen MR) is 76.1 cm³/mol. The molecule has 1 N–H and O–H groups in total. The van der Waals surface area contributed by atoms with Gasteiger partial charge in [0.05, 0.1) is 6.20 Å². The molecule has 0 fully saturated rings. The highest BCUT2D eigenvalue weighted by Gasteiger charge is 2.22. The molecule has 0 unspecified atom stereocenters. The smallest absolute Gasteiger partial charge is 0.251 e. The average Bonchev–Trinajstić information content (AvgIpc) is 2.90. The van der Waals surface area contributed by atoms with Crippen molar-refractivity contribution >= 4 is 21.8 Å². The summed E-state index contributed by atoms with van der Waals surface area (Å²) in [5.41, 5.74) is 1.96. The van der Waals surface area contributed by atoms with Crippen LogP contribution in [0.2, 0.25) is 0 Å². The van der Waals surface area contributed by atoms with E-state index in [2.05, 4.69) is 26.1 Å². The first-order valence-electron chi connectivity index (χ1n) is 6.28. The summed E-state index contributed by atoms with van der Waals surface area (Å²) in [6.07, 6.45) is 4.15. The maximum absolute atomic E-state index is 12.3. The van der Waals surface area contributed by atoms with Crippen LogP contribution in [0.3, 0.4) is 0 Å². The number of hydrogen-bond acceptors (Lipinski definition) is 3. The molecule has 104 valence electrons. The van der Waals surface area contributed by atoms with E-state index in [1.807, 2.05) is 0 Å². The van der Waals surface area contributed by atoms with Crippen LogP contribution in [-0.4, -0.2) is 32.1 Å². The molecule has 20 heavy (non-hydrogen) atoms. The standard InChI is InChI=1S/C13H13BrN4O2/c14-10-1-2-12(19)18(7-10)8-13(20)17-4-3-11-9(6-17)5-15-16-11/h1-2,5,7H,3-4,6,8H2,(H,15,16). The van der Waals surface area contributed by atoms with Gasteiger partial charge in [0.25, 0.3) is 5.56 Å². The number of carbonyl (C=O) groups excluding carboxylic acids is 1. The van der Waals surface area contributed by atoms with Crippen molar-refractivity contribution in [3.8, 4) is 0 Å². The van der Waals surface area contributed by atoms with E-state index >= 15 is 0 Å². The lowest BCUT2D eigenvalue weighted by Crippen LogP contribution is -2.39.